The summed E-state index contributed by atoms with van der Waals surface area (Å²) in [5, 5.41) is 0.0516. The molecule has 0 spiro atoms. The van der Waals surface area contributed by atoms with Crippen LogP contribution in [-0.2, 0) is 25.5 Å². The fraction of sp³-hybridized carbons (Fsp3) is 0.417. The number of hydrogen-bond donors (Lipinski definition) is 3. The molecular weight excluding hydrogens is 302 g/mol. The molecule has 0 aliphatic rings. The van der Waals surface area contributed by atoms with Crippen molar-refractivity contribution in [2.24, 2.45) is 11.5 Å². The summed E-state index contributed by atoms with van der Waals surface area (Å²) in [6.07, 6.45) is -0.432. The maximum atomic E-state index is 11.9. The maximum Gasteiger partial charge on any atom is 0.340 e. The van der Waals surface area contributed by atoms with Gasteiger partial charge in [-0.3, -0.25) is 9.59 Å². The Hall–Kier alpha value is -2.06. The van der Waals surface area contributed by atoms with Gasteiger partial charge in [0, 0.05) is 17.7 Å². The lowest BCUT2D eigenvalue weighted by Crippen LogP contribution is -2.23. The quantitative estimate of drug-likeness (QED) is 0.634. The van der Waals surface area contributed by atoms with Gasteiger partial charge < -0.3 is 25.9 Å². The first-order valence-electron chi connectivity index (χ1n) is 5.91. The number of methoxy groups -OCH3 is 2. The predicted octanol–water partition coefficient (Wildman–Crippen LogP) is 0.0454. The molecule has 9 heteroatoms. The highest BCUT2D eigenvalue weighted by molar-refractivity contribution is 6.31. The number of rotatable bonds is 6. The number of aromatic nitrogens is 1. The molecule has 5 N–H and O–H groups in total. The molecule has 1 heterocycles. The maximum absolute atomic E-state index is 11.9. The number of carbonyl (C=O) groups excluding carboxylic acids is 3. The summed E-state index contributed by atoms with van der Waals surface area (Å²) in [6.45, 7) is 0. The van der Waals surface area contributed by atoms with Crippen LogP contribution in [0.15, 0.2) is 0 Å². The van der Waals surface area contributed by atoms with Crippen molar-refractivity contribution < 1.29 is 23.9 Å². The van der Waals surface area contributed by atoms with Crippen molar-refractivity contribution in [3.63, 3.8) is 0 Å². The normalized spacial score (nSPS) is 11.8. The van der Waals surface area contributed by atoms with Gasteiger partial charge >= 0.3 is 11.9 Å². The number of H-pyrrole nitrogens is 1. The third kappa shape index (κ3) is 3.96. The van der Waals surface area contributed by atoms with Gasteiger partial charge in [0.25, 0.3) is 0 Å². The third-order valence-electron chi connectivity index (χ3n) is 2.81. The standard InChI is InChI=1S/C12H16ClN3O5/c1-20-8(18)3-5-9(12(19)21-2)10(16-11(5)13)6(14)4-7(15)17/h6,16H,3-4,14H2,1-2H3,(H2,15,17). The summed E-state index contributed by atoms with van der Waals surface area (Å²) in [5.41, 5.74) is 11.3. The Morgan fingerprint density at radius 1 is 1.29 bits per heavy atom. The summed E-state index contributed by atoms with van der Waals surface area (Å²) >= 11 is 5.99. The molecule has 1 atom stereocenters. The molecule has 1 aromatic rings. The molecule has 0 radical (unpaired) electrons. The van der Waals surface area contributed by atoms with E-state index in [0.717, 1.165) is 0 Å². The number of nitrogens with two attached hydrogens (primary N) is 2. The number of esters is 2. The fourth-order valence-corrected chi connectivity index (χ4v) is 2.11. The topological polar surface area (TPSA) is 137 Å². The van der Waals surface area contributed by atoms with Gasteiger partial charge in [-0.1, -0.05) is 11.6 Å². The smallest absolute Gasteiger partial charge is 0.340 e. The van der Waals surface area contributed by atoms with E-state index in [4.69, 9.17) is 23.1 Å². The number of ether oxygens (including phenoxy) is 2. The molecule has 116 valence electrons. The van der Waals surface area contributed by atoms with Crippen molar-refractivity contribution in [3.05, 3.63) is 22.0 Å². The minimum Gasteiger partial charge on any atom is -0.469 e. The van der Waals surface area contributed by atoms with Crippen molar-refractivity contribution >= 4 is 29.4 Å². The van der Waals surface area contributed by atoms with Gasteiger partial charge in [-0.25, -0.2) is 4.79 Å². The van der Waals surface area contributed by atoms with E-state index in [1.165, 1.54) is 14.2 Å². The zero-order valence-electron chi connectivity index (χ0n) is 11.6. The second-order valence-electron chi connectivity index (χ2n) is 4.23. The molecule has 1 unspecified atom stereocenters. The molecule has 1 amide bonds. The summed E-state index contributed by atoms with van der Waals surface area (Å²) < 4.78 is 9.20. The van der Waals surface area contributed by atoms with E-state index in [-0.39, 0.29) is 34.8 Å². The van der Waals surface area contributed by atoms with Gasteiger partial charge in [-0.05, 0) is 0 Å². The van der Waals surface area contributed by atoms with E-state index in [2.05, 4.69) is 14.5 Å². The molecule has 8 nitrogen and oxygen atoms in total. The number of aromatic amines is 1. The highest BCUT2D eigenvalue weighted by atomic mass is 35.5. The Labute approximate surface area is 125 Å². The molecule has 0 saturated carbocycles. The van der Waals surface area contributed by atoms with E-state index in [1.54, 1.807) is 0 Å². The second-order valence-corrected chi connectivity index (χ2v) is 4.61. The number of carbonyl (C=O) groups is 3. The molecule has 0 aromatic carbocycles. The van der Waals surface area contributed by atoms with Crippen molar-refractivity contribution in [1.82, 2.24) is 4.98 Å². The van der Waals surface area contributed by atoms with Crippen LogP contribution in [0.5, 0.6) is 0 Å². The first-order valence-corrected chi connectivity index (χ1v) is 6.28. The molecule has 0 saturated heterocycles. The number of halogens is 1. The average Bonchev–Trinajstić information content (AvgIpc) is 2.74. The molecule has 0 bridgehead atoms. The summed E-state index contributed by atoms with van der Waals surface area (Å²) in [5.74, 6) is -1.96. The SMILES string of the molecule is COC(=O)Cc1c(Cl)[nH]c(C(N)CC(N)=O)c1C(=O)OC. The number of hydrogen-bond acceptors (Lipinski definition) is 6. The Bertz CT molecular complexity index is 569. The van der Waals surface area contributed by atoms with Gasteiger partial charge in [0.1, 0.15) is 5.15 Å². The minimum absolute atomic E-state index is 0.0154. The summed E-state index contributed by atoms with van der Waals surface area (Å²) in [6, 6.07) is -0.875. The van der Waals surface area contributed by atoms with Crippen LogP contribution in [-0.4, -0.2) is 37.0 Å². The molecule has 0 aliphatic carbocycles. The summed E-state index contributed by atoms with van der Waals surface area (Å²) in [7, 11) is 2.38. The van der Waals surface area contributed by atoms with E-state index in [0.29, 0.717) is 0 Å². The van der Waals surface area contributed by atoms with Crippen molar-refractivity contribution in [2.45, 2.75) is 18.9 Å². The number of primary amides is 1. The molecule has 0 fully saturated rings. The van der Waals surface area contributed by atoms with Gasteiger partial charge in [0.2, 0.25) is 5.91 Å². The van der Waals surface area contributed by atoms with Gasteiger partial charge in [-0.15, -0.1) is 0 Å². The third-order valence-corrected chi connectivity index (χ3v) is 3.13. The van der Waals surface area contributed by atoms with Crippen LogP contribution in [0.4, 0.5) is 0 Å². The zero-order chi connectivity index (χ0) is 16.2. The number of amides is 1. The highest BCUT2D eigenvalue weighted by Gasteiger charge is 2.28. The van der Waals surface area contributed by atoms with Crippen LogP contribution in [0.1, 0.15) is 34.1 Å². The highest BCUT2D eigenvalue weighted by Crippen LogP contribution is 2.29. The van der Waals surface area contributed by atoms with Crippen LogP contribution < -0.4 is 11.5 Å². The van der Waals surface area contributed by atoms with Crippen molar-refractivity contribution in [3.8, 4) is 0 Å². The Morgan fingerprint density at radius 3 is 2.38 bits per heavy atom. The number of nitrogens with one attached hydrogen (secondary N) is 1. The molecule has 1 aromatic heterocycles. The van der Waals surface area contributed by atoms with Crippen LogP contribution in [0.25, 0.3) is 0 Å². The largest absolute Gasteiger partial charge is 0.469 e. The minimum atomic E-state index is -0.875. The Balaban J connectivity index is 3.31. The first-order chi connectivity index (χ1) is 9.81. The fourth-order valence-electron chi connectivity index (χ4n) is 1.84. The van der Waals surface area contributed by atoms with Gasteiger partial charge in [-0.2, -0.15) is 0 Å². The summed E-state index contributed by atoms with van der Waals surface area (Å²) in [4.78, 5) is 36.9. The van der Waals surface area contributed by atoms with E-state index in [9.17, 15) is 14.4 Å². The zero-order valence-corrected chi connectivity index (χ0v) is 12.3. The van der Waals surface area contributed by atoms with Crippen LogP contribution in [0.2, 0.25) is 5.15 Å². The van der Waals surface area contributed by atoms with Crippen molar-refractivity contribution in [1.29, 1.82) is 0 Å². The first kappa shape index (κ1) is 17.0. The van der Waals surface area contributed by atoms with Crippen molar-refractivity contribution in [2.75, 3.05) is 14.2 Å². The van der Waals surface area contributed by atoms with E-state index in [1.807, 2.05) is 0 Å². The van der Waals surface area contributed by atoms with Gasteiger partial charge in [0.15, 0.2) is 0 Å². The Kier molecular flexibility index (Phi) is 5.74. The molecule has 0 aliphatic heterocycles. The average molecular weight is 318 g/mol. The monoisotopic (exact) mass is 317 g/mol. The molecular formula is C12H16ClN3O5. The van der Waals surface area contributed by atoms with Crippen LogP contribution in [0.3, 0.4) is 0 Å². The predicted molar refractivity (Wildman–Crippen MR) is 73.6 cm³/mol. The van der Waals surface area contributed by atoms with E-state index < -0.39 is 23.9 Å². The lowest BCUT2D eigenvalue weighted by molar-refractivity contribution is -0.139. The van der Waals surface area contributed by atoms with Gasteiger partial charge in [0.05, 0.1) is 32.2 Å². The lowest BCUT2D eigenvalue weighted by atomic mass is 10.0. The molecule has 1 rings (SSSR count). The van der Waals surface area contributed by atoms with E-state index >= 15 is 0 Å². The van der Waals surface area contributed by atoms with Crippen LogP contribution >= 0.6 is 11.6 Å². The Morgan fingerprint density at radius 2 is 1.90 bits per heavy atom. The lowest BCUT2D eigenvalue weighted by Gasteiger charge is -2.10. The molecule has 21 heavy (non-hydrogen) atoms. The second kappa shape index (κ2) is 7.09. The van der Waals surface area contributed by atoms with Crippen LogP contribution in [0, 0.1) is 0 Å².